The molecule has 1 heterocycles. The van der Waals surface area contributed by atoms with Gasteiger partial charge < -0.3 is 5.32 Å². The second kappa shape index (κ2) is 6.75. The average Bonchev–Trinajstić information content (AvgIpc) is 2.90. The van der Waals surface area contributed by atoms with Crippen molar-refractivity contribution in [3.63, 3.8) is 0 Å². The fourth-order valence-electron chi connectivity index (χ4n) is 2.20. The molecule has 0 bridgehead atoms. The number of benzene rings is 2. The van der Waals surface area contributed by atoms with Crippen LogP contribution < -0.4 is 5.32 Å². The first-order chi connectivity index (χ1) is 11.1. The molecule has 0 saturated carbocycles. The molecular weight excluding hydrogens is 352 g/mol. The first-order valence-corrected chi connectivity index (χ1v) is 8.02. The molecule has 3 rings (SSSR count). The molecule has 3 nitrogen and oxygen atoms in total. The number of rotatable bonds is 3. The van der Waals surface area contributed by atoms with Gasteiger partial charge in [-0.05, 0) is 24.6 Å². The van der Waals surface area contributed by atoms with Crippen LogP contribution in [0.3, 0.4) is 0 Å². The lowest BCUT2D eigenvalue weighted by molar-refractivity contribution is -0.115. The highest BCUT2D eigenvalue weighted by molar-refractivity contribution is 9.12. The van der Waals surface area contributed by atoms with E-state index in [0.717, 1.165) is 15.6 Å². The summed E-state index contributed by atoms with van der Waals surface area (Å²) in [5, 5.41) is 2.80. The number of amidine groups is 1. The van der Waals surface area contributed by atoms with Gasteiger partial charge in [-0.25, -0.2) is 4.99 Å². The Hall–Kier alpha value is -2.46. The zero-order valence-electron chi connectivity index (χ0n) is 12.6. The molecule has 0 atom stereocenters. The quantitative estimate of drug-likeness (QED) is 0.812. The SMILES string of the molecule is Cc1ccc(C2=N/C(=C\C(Br)=C\c3ccccc3)C(=O)N2)cc1. The number of carbonyl (C=O) groups excluding carboxylic acids is 1. The summed E-state index contributed by atoms with van der Waals surface area (Å²) in [5.41, 5.74) is 3.51. The summed E-state index contributed by atoms with van der Waals surface area (Å²) in [5.74, 6) is 0.389. The van der Waals surface area contributed by atoms with Gasteiger partial charge in [0.15, 0.2) is 0 Å². The molecule has 1 aliphatic heterocycles. The van der Waals surface area contributed by atoms with E-state index in [1.165, 1.54) is 5.56 Å². The summed E-state index contributed by atoms with van der Waals surface area (Å²) in [7, 11) is 0. The summed E-state index contributed by atoms with van der Waals surface area (Å²) in [4.78, 5) is 16.5. The fraction of sp³-hybridized carbons (Fsp3) is 0.0526. The van der Waals surface area contributed by atoms with Gasteiger partial charge in [-0.2, -0.15) is 0 Å². The maximum absolute atomic E-state index is 12.1. The molecule has 4 heteroatoms. The van der Waals surface area contributed by atoms with Crippen molar-refractivity contribution in [2.45, 2.75) is 6.92 Å². The van der Waals surface area contributed by atoms with Gasteiger partial charge in [0, 0.05) is 10.0 Å². The van der Waals surface area contributed by atoms with E-state index in [4.69, 9.17) is 0 Å². The third-order valence-corrected chi connectivity index (χ3v) is 3.86. The molecule has 0 saturated heterocycles. The van der Waals surface area contributed by atoms with E-state index in [0.29, 0.717) is 11.5 Å². The minimum atomic E-state index is -0.195. The lowest BCUT2D eigenvalue weighted by Crippen LogP contribution is -2.24. The van der Waals surface area contributed by atoms with E-state index in [1.54, 1.807) is 6.08 Å². The summed E-state index contributed by atoms with van der Waals surface area (Å²) < 4.78 is 0.794. The third-order valence-electron chi connectivity index (χ3n) is 3.40. The maximum atomic E-state index is 12.1. The van der Waals surface area contributed by atoms with Gasteiger partial charge in [0.05, 0.1) is 0 Å². The average molecular weight is 367 g/mol. The van der Waals surface area contributed by atoms with Crippen molar-refractivity contribution in [1.29, 1.82) is 0 Å². The molecule has 0 aromatic heterocycles. The van der Waals surface area contributed by atoms with Gasteiger partial charge in [-0.3, -0.25) is 4.79 Å². The van der Waals surface area contributed by atoms with E-state index < -0.39 is 0 Å². The minimum Gasteiger partial charge on any atom is -0.305 e. The zero-order chi connectivity index (χ0) is 16.2. The van der Waals surface area contributed by atoms with Crippen LogP contribution in [0.15, 0.2) is 75.8 Å². The van der Waals surface area contributed by atoms with Gasteiger partial charge in [-0.1, -0.05) is 76.1 Å². The Labute approximate surface area is 143 Å². The van der Waals surface area contributed by atoms with Gasteiger partial charge >= 0.3 is 0 Å². The van der Waals surface area contributed by atoms with Crippen LogP contribution in [-0.2, 0) is 4.79 Å². The largest absolute Gasteiger partial charge is 0.305 e. The van der Waals surface area contributed by atoms with Gasteiger partial charge in [0.2, 0.25) is 0 Å². The van der Waals surface area contributed by atoms with Gasteiger partial charge in [-0.15, -0.1) is 0 Å². The Morgan fingerprint density at radius 1 is 1.09 bits per heavy atom. The highest BCUT2D eigenvalue weighted by Crippen LogP contribution is 2.19. The Balaban J connectivity index is 1.86. The topological polar surface area (TPSA) is 41.5 Å². The van der Waals surface area contributed by atoms with Crippen molar-refractivity contribution >= 4 is 33.7 Å². The summed E-state index contributed by atoms with van der Waals surface area (Å²) >= 11 is 3.47. The van der Waals surface area contributed by atoms with Crippen LogP contribution in [0.25, 0.3) is 6.08 Å². The highest BCUT2D eigenvalue weighted by atomic mass is 79.9. The molecule has 0 unspecified atom stereocenters. The van der Waals surface area contributed by atoms with E-state index in [2.05, 4.69) is 26.2 Å². The second-order valence-corrected chi connectivity index (χ2v) is 6.17. The highest BCUT2D eigenvalue weighted by Gasteiger charge is 2.20. The summed E-state index contributed by atoms with van der Waals surface area (Å²) in [6.45, 7) is 2.02. The third kappa shape index (κ3) is 3.85. The maximum Gasteiger partial charge on any atom is 0.275 e. The van der Waals surface area contributed by atoms with Crippen molar-refractivity contribution < 1.29 is 4.79 Å². The first kappa shape index (κ1) is 15.4. The molecule has 1 aliphatic rings. The molecule has 0 fully saturated rings. The molecular formula is C19H15BrN2O. The lowest BCUT2D eigenvalue weighted by atomic mass is 10.1. The molecule has 114 valence electrons. The fourth-order valence-corrected chi connectivity index (χ4v) is 2.68. The number of nitrogens with one attached hydrogen (secondary N) is 1. The number of hydrogen-bond acceptors (Lipinski definition) is 2. The van der Waals surface area contributed by atoms with Crippen LogP contribution in [-0.4, -0.2) is 11.7 Å². The molecule has 0 spiro atoms. The van der Waals surface area contributed by atoms with Gasteiger partial charge in [0.25, 0.3) is 5.91 Å². The number of carbonyl (C=O) groups is 1. The Bertz CT molecular complexity index is 818. The smallest absolute Gasteiger partial charge is 0.275 e. The van der Waals surface area contributed by atoms with Gasteiger partial charge in [0.1, 0.15) is 11.5 Å². The normalized spacial score (nSPS) is 16.4. The van der Waals surface area contributed by atoms with Crippen molar-refractivity contribution in [1.82, 2.24) is 5.32 Å². The second-order valence-electron chi connectivity index (χ2n) is 5.25. The van der Waals surface area contributed by atoms with Crippen molar-refractivity contribution in [2.24, 2.45) is 4.99 Å². The Morgan fingerprint density at radius 3 is 2.48 bits per heavy atom. The van der Waals surface area contributed by atoms with E-state index in [9.17, 15) is 4.79 Å². The van der Waals surface area contributed by atoms with Crippen LogP contribution >= 0.6 is 15.9 Å². The van der Waals surface area contributed by atoms with Crippen LogP contribution in [0, 0.1) is 6.92 Å². The number of nitrogens with zero attached hydrogens (tertiary/aromatic N) is 1. The predicted molar refractivity (Wildman–Crippen MR) is 97.3 cm³/mol. The summed E-state index contributed by atoms with van der Waals surface area (Å²) in [6.07, 6.45) is 3.67. The molecule has 2 aromatic carbocycles. The molecule has 1 N–H and O–H groups in total. The van der Waals surface area contributed by atoms with E-state index in [-0.39, 0.29) is 5.91 Å². The summed E-state index contributed by atoms with van der Waals surface area (Å²) in [6, 6.07) is 17.8. The number of halogens is 1. The van der Waals surface area contributed by atoms with Crippen LogP contribution in [0.5, 0.6) is 0 Å². The Morgan fingerprint density at radius 2 is 1.78 bits per heavy atom. The number of allylic oxidation sites excluding steroid dienone is 2. The molecule has 0 radical (unpaired) electrons. The number of aliphatic imine (C=N–C) groups is 1. The minimum absolute atomic E-state index is 0.195. The number of amides is 1. The molecule has 1 amide bonds. The molecule has 23 heavy (non-hydrogen) atoms. The van der Waals surface area contributed by atoms with Crippen molar-refractivity contribution in [3.05, 3.63) is 87.5 Å². The molecule has 0 aliphatic carbocycles. The van der Waals surface area contributed by atoms with Crippen molar-refractivity contribution in [2.75, 3.05) is 0 Å². The van der Waals surface area contributed by atoms with Crippen LogP contribution in [0.2, 0.25) is 0 Å². The van der Waals surface area contributed by atoms with E-state index in [1.807, 2.05) is 67.6 Å². The van der Waals surface area contributed by atoms with E-state index >= 15 is 0 Å². The lowest BCUT2D eigenvalue weighted by Gasteiger charge is -2.00. The molecule has 2 aromatic rings. The standard InChI is InChI=1S/C19H15BrN2O/c1-13-7-9-15(10-8-13)18-21-17(19(23)22-18)12-16(20)11-14-5-3-2-4-6-14/h2-12H,1H3,(H,21,22,23)/b16-11-,17-12-. The number of hydrogen-bond donors (Lipinski definition) is 1. The number of aryl methyl sites for hydroxylation is 1. The van der Waals surface area contributed by atoms with Crippen LogP contribution in [0.1, 0.15) is 16.7 Å². The first-order valence-electron chi connectivity index (χ1n) is 7.23. The van der Waals surface area contributed by atoms with Crippen molar-refractivity contribution in [3.8, 4) is 0 Å². The monoisotopic (exact) mass is 366 g/mol. The predicted octanol–water partition coefficient (Wildman–Crippen LogP) is 4.19. The van der Waals surface area contributed by atoms with Crippen LogP contribution in [0.4, 0.5) is 0 Å². The zero-order valence-corrected chi connectivity index (χ0v) is 14.2. The Kier molecular flexibility index (Phi) is 4.53.